The van der Waals surface area contributed by atoms with Gasteiger partial charge in [0.05, 0.1) is 11.0 Å². The van der Waals surface area contributed by atoms with Gasteiger partial charge in [0.2, 0.25) is 0 Å². The van der Waals surface area contributed by atoms with Gasteiger partial charge in [-0.3, -0.25) is 0 Å². The van der Waals surface area contributed by atoms with Crippen LogP contribution in [0.1, 0.15) is 0 Å². The van der Waals surface area contributed by atoms with Gasteiger partial charge in [-0.05, 0) is 115 Å². The van der Waals surface area contributed by atoms with Gasteiger partial charge in [0.1, 0.15) is 0 Å². The summed E-state index contributed by atoms with van der Waals surface area (Å²) < 4.78 is 2.46. The van der Waals surface area contributed by atoms with Crippen molar-refractivity contribution in [3.05, 3.63) is 243 Å². The molecule has 0 fully saturated rings. The zero-order chi connectivity index (χ0) is 41.0. The topological polar surface area (TPSA) is 8.17 Å². The summed E-state index contributed by atoms with van der Waals surface area (Å²) in [6.07, 6.45) is 0. The molecule has 2 nitrogen and oxygen atoms in total. The first-order chi connectivity index (χ1) is 30.7. The van der Waals surface area contributed by atoms with E-state index in [1.807, 2.05) is 0 Å². The Morgan fingerprint density at radius 3 is 1.68 bits per heavy atom. The first-order valence-electron chi connectivity index (χ1n) is 21.3. The number of para-hydroxylation sites is 1. The van der Waals surface area contributed by atoms with Gasteiger partial charge in [0.25, 0.3) is 0 Å². The minimum atomic E-state index is 1.09. The van der Waals surface area contributed by atoms with Crippen LogP contribution in [0.4, 0.5) is 17.1 Å². The van der Waals surface area contributed by atoms with E-state index in [4.69, 9.17) is 0 Å². The van der Waals surface area contributed by atoms with Crippen molar-refractivity contribution < 1.29 is 0 Å². The van der Waals surface area contributed by atoms with E-state index in [-0.39, 0.29) is 0 Å². The Morgan fingerprint density at radius 2 is 0.839 bits per heavy atom. The first-order valence-corrected chi connectivity index (χ1v) is 21.3. The fraction of sp³-hybridized carbons (Fsp3) is 0. The number of nitrogens with zero attached hydrogens (tertiary/aromatic N) is 2. The number of hydrogen-bond donors (Lipinski definition) is 0. The molecule has 1 heterocycles. The summed E-state index contributed by atoms with van der Waals surface area (Å²) in [5.41, 5.74) is 13.9. The number of hydrogen-bond acceptors (Lipinski definition) is 1. The van der Waals surface area contributed by atoms with E-state index in [0.717, 1.165) is 28.3 Å². The molecule has 0 unspecified atom stereocenters. The summed E-state index contributed by atoms with van der Waals surface area (Å²) in [4.78, 5) is 2.41. The summed E-state index contributed by atoms with van der Waals surface area (Å²) in [5.74, 6) is 0. The fourth-order valence-corrected chi connectivity index (χ4v) is 9.63. The van der Waals surface area contributed by atoms with Gasteiger partial charge >= 0.3 is 0 Å². The average Bonchev–Trinajstić information content (AvgIpc) is 3.70. The molecular formula is C60H40N2. The van der Waals surface area contributed by atoms with Crippen LogP contribution < -0.4 is 4.90 Å². The number of benzene rings is 11. The smallest absolute Gasteiger partial charge is 0.0619 e. The zero-order valence-corrected chi connectivity index (χ0v) is 34.0. The summed E-state index contributed by atoms with van der Waals surface area (Å²) in [5, 5.41) is 9.98. The van der Waals surface area contributed by atoms with E-state index >= 15 is 0 Å². The lowest BCUT2D eigenvalue weighted by atomic mass is 9.93. The van der Waals surface area contributed by atoms with Crippen LogP contribution in [-0.4, -0.2) is 4.57 Å². The highest BCUT2D eigenvalue weighted by Gasteiger charge is 2.20. The van der Waals surface area contributed by atoms with E-state index in [9.17, 15) is 0 Å². The van der Waals surface area contributed by atoms with Crippen LogP contribution in [0.5, 0.6) is 0 Å². The maximum absolute atomic E-state index is 2.46. The number of aromatic nitrogens is 1. The monoisotopic (exact) mass is 788 g/mol. The maximum atomic E-state index is 2.46. The van der Waals surface area contributed by atoms with Crippen molar-refractivity contribution >= 4 is 71.2 Å². The van der Waals surface area contributed by atoms with Gasteiger partial charge in [0, 0.05) is 38.9 Å². The van der Waals surface area contributed by atoms with Crippen molar-refractivity contribution in [2.75, 3.05) is 4.90 Å². The van der Waals surface area contributed by atoms with E-state index in [2.05, 4.69) is 252 Å². The van der Waals surface area contributed by atoms with Gasteiger partial charge < -0.3 is 9.47 Å². The van der Waals surface area contributed by atoms with Gasteiger partial charge in [-0.25, -0.2) is 0 Å². The molecule has 0 saturated heterocycles. The molecule has 12 aromatic rings. The normalized spacial score (nSPS) is 11.5. The molecule has 0 aliphatic carbocycles. The fourth-order valence-electron chi connectivity index (χ4n) is 9.63. The van der Waals surface area contributed by atoms with Gasteiger partial charge in [-0.1, -0.05) is 188 Å². The molecule has 0 radical (unpaired) electrons. The molecule has 1 aromatic heterocycles. The van der Waals surface area contributed by atoms with Crippen LogP contribution in [0.3, 0.4) is 0 Å². The molecule has 290 valence electrons. The van der Waals surface area contributed by atoms with Crippen LogP contribution in [0.25, 0.3) is 93.2 Å². The Morgan fingerprint density at radius 1 is 0.274 bits per heavy atom. The number of fused-ring (bicyclic) bond motifs is 8. The highest BCUT2D eigenvalue weighted by molar-refractivity contribution is 6.18. The summed E-state index contributed by atoms with van der Waals surface area (Å²) in [7, 11) is 0. The molecule has 0 spiro atoms. The van der Waals surface area contributed by atoms with Gasteiger partial charge in [0.15, 0.2) is 0 Å². The quantitative estimate of drug-likeness (QED) is 0.146. The lowest BCUT2D eigenvalue weighted by Crippen LogP contribution is -2.10. The third-order valence-corrected chi connectivity index (χ3v) is 12.5. The third-order valence-electron chi connectivity index (χ3n) is 12.5. The average molecular weight is 789 g/mol. The Labute approximate surface area is 360 Å². The summed E-state index contributed by atoms with van der Waals surface area (Å²) in [6.45, 7) is 0. The third kappa shape index (κ3) is 6.04. The van der Waals surface area contributed by atoms with Crippen LogP contribution >= 0.6 is 0 Å². The van der Waals surface area contributed by atoms with E-state index in [0.29, 0.717) is 0 Å². The second-order valence-corrected chi connectivity index (χ2v) is 16.1. The van der Waals surface area contributed by atoms with Crippen molar-refractivity contribution in [2.45, 2.75) is 0 Å². The molecule has 0 amide bonds. The maximum Gasteiger partial charge on any atom is 0.0619 e. The van der Waals surface area contributed by atoms with E-state index in [1.54, 1.807) is 0 Å². The zero-order valence-electron chi connectivity index (χ0n) is 34.0. The Hall–Kier alpha value is -8.20. The highest BCUT2D eigenvalue weighted by Crippen LogP contribution is 2.44. The van der Waals surface area contributed by atoms with Gasteiger partial charge in [-0.15, -0.1) is 0 Å². The Balaban J connectivity index is 1.06. The van der Waals surface area contributed by atoms with Crippen LogP contribution in [-0.2, 0) is 0 Å². The van der Waals surface area contributed by atoms with Crippen LogP contribution in [0.2, 0.25) is 0 Å². The van der Waals surface area contributed by atoms with Gasteiger partial charge in [-0.2, -0.15) is 0 Å². The molecule has 2 heteroatoms. The predicted octanol–water partition coefficient (Wildman–Crippen LogP) is 16.7. The first kappa shape index (κ1) is 35.7. The van der Waals surface area contributed by atoms with Crippen molar-refractivity contribution in [3.63, 3.8) is 0 Å². The molecule has 11 aromatic carbocycles. The Kier molecular flexibility index (Phi) is 8.53. The molecule has 0 N–H and O–H groups in total. The molecular weight excluding hydrogens is 749 g/mol. The second kappa shape index (κ2) is 14.8. The minimum Gasteiger partial charge on any atom is -0.310 e. The lowest BCUT2D eigenvalue weighted by molar-refractivity contribution is 1.19. The lowest BCUT2D eigenvalue weighted by Gasteiger charge is -2.28. The van der Waals surface area contributed by atoms with Crippen molar-refractivity contribution in [1.82, 2.24) is 4.57 Å². The number of rotatable bonds is 7. The minimum absolute atomic E-state index is 1.09. The molecule has 0 atom stereocenters. The number of anilines is 3. The van der Waals surface area contributed by atoms with Crippen LogP contribution in [0, 0.1) is 0 Å². The standard InChI is InChI=1S/C60H40N2/c1-3-15-41(16-4-1)45-21-13-23-48(37-45)61(50-32-35-53-47(39-50)30-29-43-19-7-9-25-52(43)53)51-33-36-54(58(40-51)42-17-5-2-6-18-42)46-22-14-24-49(38-46)62-59-28-12-11-27-56(59)57-34-31-44-20-8-10-26-55(44)60(57)62/h1-40H. The van der Waals surface area contributed by atoms with E-state index < -0.39 is 0 Å². The molecule has 12 rings (SSSR count). The molecule has 0 aliphatic heterocycles. The Bertz CT molecular complexity index is 3640. The molecule has 0 aliphatic rings. The second-order valence-electron chi connectivity index (χ2n) is 16.1. The molecule has 0 bridgehead atoms. The molecule has 62 heavy (non-hydrogen) atoms. The van der Waals surface area contributed by atoms with Crippen molar-refractivity contribution in [2.24, 2.45) is 0 Å². The van der Waals surface area contributed by atoms with Crippen LogP contribution in [0.15, 0.2) is 243 Å². The summed E-state index contributed by atoms with van der Waals surface area (Å²) in [6, 6.07) is 88.6. The largest absolute Gasteiger partial charge is 0.310 e. The highest BCUT2D eigenvalue weighted by atomic mass is 15.1. The van der Waals surface area contributed by atoms with Crippen molar-refractivity contribution in [3.8, 4) is 39.1 Å². The summed E-state index contributed by atoms with van der Waals surface area (Å²) >= 11 is 0. The SMILES string of the molecule is c1ccc(-c2cccc(N(c3ccc(-c4cccc(-n5c6ccccc6c6ccc7ccccc7c65)c4)c(-c4ccccc4)c3)c3ccc4c(ccc5ccccc54)c3)c2)cc1. The van der Waals surface area contributed by atoms with Crippen molar-refractivity contribution in [1.29, 1.82) is 0 Å². The molecule has 0 saturated carbocycles. The van der Waals surface area contributed by atoms with E-state index in [1.165, 1.54) is 81.9 Å². The predicted molar refractivity (Wildman–Crippen MR) is 264 cm³/mol.